The molecule has 0 radical (unpaired) electrons. The van der Waals surface area contributed by atoms with E-state index >= 15 is 0 Å². The van der Waals surface area contributed by atoms with Crippen molar-refractivity contribution in [1.29, 1.82) is 0 Å². The lowest BCUT2D eigenvalue weighted by molar-refractivity contribution is 0.258. The van der Waals surface area contributed by atoms with Crippen molar-refractivity contribution >= 4 is 0 Å². The lowest BCUT2D eigenvalue weighted by Crippen LogP contribution is -1.99. The van der Waals surface area contributed by atoms with Gasteiger partial charge in [-0.05, 0) is 29.7 Å². The zero-order valence-corrected chi connectivity index (χ0v) is 6.84. The molecule has 0 aromatic heterocycles. The molecule has 0 saturated carbocycles. The summed E-state index contributed by atoms with van der Waals surface area (Å²) in [5.41, 5.74) is 1.47. The van der Waals surface area contributed by atoms with Crippen LogP contribution in [0.1, 0.15) is 16.7 Å². The van der Waals surface area contributed by atoms with Gasteiger partial charge in [0.15, 0.2) is 0 Å². The van der Waals surface area contributed by atoms with Crippen molar-refractivity contribution in [2.75, 3.05) is 0 Å². The molecule has 0 aliphatic heterocycles. The van der Waals surface area contributed by atoms with E-state index in [1.54, 1.807) is 6.92 Å². The molecular weight excluding hydrogens is 159 g/mol. The lowest BCUT2D eigenvalue weighted by Gasteiger charge is -2.08. The van der Waals surface area contributed by atoms with Crippen LogP contribution >= 0.6 is 0 Å². The van der Waals surface area contributed by atoms with Gasteiger partial charge < -0.3 is 10.2 Å². The molecule has 0 saturated heterocycles. The summed E-state index contributed by atoms with van der Waals surface area (Å²) >= 11 is 0. The number of rotatable bonds is 2. The van der Waals surface area contributed by atoms with E-state index in [1.807, 2.05) is 0 Å². The normalized spacial score (nSPS) is 10.3. The van der Waals surface area contributed by atoms with Crippen molar-refractivity contribution in [3.63, 3.8) is 0 Å². The van der Waals surface area contributed by atoms with Crippen LogP contribution in [0.15, 0.2) is 12.1 Å². The highest BCUT2D eigenvalue weighted by Crippen LogP contribution is 2.17. The average molecular weight is 170 g/mol. The maximum absolute atomic E-state index is 12.9. The van der Waals surface area contributed by atoms with Crippen LogP contribution in [-0.4, -0.2) is 10.2 Å². The summed E-state index contributed by atoms with van der Waals surface area (Å²) in [6.45, 7) is 1.18. The Morgan fingerprint density at radius 3 is 2.42 bits per heavy atom. The average Bonchev–Trinajstić information content (AvgIpc) is 2.09. The number of aliphatic hydroxyl groups is 2. The highest BCUT2D eigenvalue weighted by molar-refractivity contribution is 5.34. The van der Waals surface area contributed by atoms with E-state index < -0.39 is 0 Å². The minimum Gasteiger partial charge on any atom is -0.392 e. The summed E-state index contributed by atoms with van der Waals surface area (Å²) in [6.07, 6.45) is 0. The second-order valence-electron chi connectivity index (χ2n) is 2.63. The van der Waals surface area contributed by atoms with Crippen molar-refractivity contribution in [2.24, 2.45) is 0 Å². The molecule has 0 heterocycles. The number of benzene rings is 1. The van der Waals surface area contributed by atoms with Gasteiger partial charge in [0.05, 0.1) is 13.2 Å². The van der Waals surface area contributed by atoms with E-state index in [0.29, 0.717) is 16.7 Å². The van der Waals surface area contributed by atoms with Gasteiger partial charge in [0.25, 0.3) is 0 Å². The maximum atomic E-state index is 12.9. The molecule has 0 fully saturated rings. The van der Waals surface area contributed by atoms with Gasteiger partial charge in [0.2, 0.25) is 0 Å². The molecule has 1 aromatic rings. The molecule has 0 aliphatic carbocycles. The molecule has 66 valence electrons. The summed E-state index contributed by atoms with van der Waals surface area (Å²) in [5.74, 6) is -0.351. The van der Waals surface area contributed by atoms with Gasteiger partial charge >= 0.3 is 0 Å². The Morgan fingerprint density at radius 1 is 1.25 bits per heavy atom. The zero-order chi connectivity index (χ0) is 9.14. The third-order valence-corrected chi connectivity index (χ3v) is 1.96. The van der Waals surface area contributed by atoms with Crippen LogP contribution in [-0.2, 0) is 13.2 Å². The van der Waals surface area contributed by atoms with Crippen molar-refractivity contribution in [3.8, 4) is 0 Å². The zero-order valence-electron chi connectivity index (χ0n) is 6.84. The van der Waals surface area contributed by atoms with Gasteiger partial charge in [-0.3, -0.25) is 0 Å². The molecule has 2 N–H and O–H groups in total. The summed E-state index contributed by atoms with van der Waals surface area (Å²) < 4.78 is 12.9. The molecule has 0 spiro atoms. The van der Waals surface area contributed by atoms with E-state index in [0.717, 1.165) is 0 Å². The minimum absolute atomic E-state index is 0.170. The van der Waals surface area contributed by atoms with Crippen LogP contribution in [0, 0.1) is 12.7 Å². The number of aliphatic hydroxyl groups excluding tert-OH is 2. The monoisotopic (exact) mass is 170 g/mol. The second-order valence-corrected chi connectivity index (χ2v) is 2.63. The Bertz CT molecular complexity index is 284. The van der Waals surface area contributed by atoms with E-state index in [-0.39, 0.29) is 19.0 Å². The highest BCUT2D eigenvalue weighted by atomic mass is 19.1. The van der Waals surface area contributed by atoms with Gasteiger partial charge in [-0.2, -0.15) is 0 Å². The molecule has 12 heavy (non-hydrogen) atoms. The van der Waals surface area contributed by atoms with Crippen LogP contribution in [0.4, 0.5) is 4.39 Å². The second kappa shape index (κ2) is 3.65. The number of hydrogen-bond donors (Lipinski definition) is 2. The van der Waals surface area contributed by atoms with Gasteiger partial charge in [-0.25, -0.2) is 4.39 Å². The molecular formula is C9H11FO2. The SMILES string of the molecule is Cc1c(F)ccc(CO)c1CO. The third-order valence-electron chi connectivity index (χ3n) is 1.96. The van der Waals surface area contributed by atoms with Crippen LogP contribution in [0.2, 0.25) is 0 Å². The van der Waals surface area contributed by atoms with Gasteiger partial charge in [0, 0.05) is 0 Å². The quantitative estimate of drug-likeness (QED) is 0.698. The van der Waals surface area contributed by atoms with Crippen LogP contribution in [0.3, 0.4) is 0 Å². The van der Waals surface area contributed by atoms with E-state index in [1.165, 1.54) is 12.1 Å². The summed E-state index contributed by atoms with van der Waals surface area (Å²) in [7, 11) is 0. The maximum Gasteiger partial charge on any atom is 0.126 e. The third kappa shape index (κ3) is 1.47. The lowest BCUT2D eigenvalue weighted by atomic mass is 10.0. The van der Waals surface area contributed by atoms with Crippen molar-refractivity contribution in [3.05, 3.63) is 34.6 Å². The summed E-state index contributed by atoms with van der Waals surface area (Å²) in [6, 6.07) is 2.77. The molecule has 2 nitrogen and oxygen atoms in total. The Morgan fingerprint density at radius 2 is 1.92 bits per heavy atom. The Balaban J connectivity index is 3.25. The molecule has 0 atom stereocenters. The first-order valence-electron chi connectivity index (χ1n) is 3.69. The summed E-state index contributed by atoms with van der Waals surface area (Å²) in [4.78, 5) is 0. The standard InChI is InChI=1S/C9H11FO2/c1-6-8(5-12)7(4-11)2-3-9(6)10/h2-3,11-12H,4-5H2,1H3. The van der Waals surface area contributed by atoms with Crippen LogP contribution in [0.25, 0.3) is 0 Å². The smallest absolute Gasteiger partial charge is 0.126 e. The molecule has 0 bridgehead atoms. The van der Waals surface area contributed by atoms with Crippen molar-refractivity contribution in [1.82, 2.24) is 0 Å². The Kier molecular flexibility index (Phi) is 2.78. The summed E-state index contributed by atoms with van der Waals surface area (Å²) in [5, 5.41) is 17.7. The molecule has 0 aliphatic rings. The molecule has 1 aromatic carbocycles. The first-order valence-corrected chi connectivity index (χ1v) is 3.69. The fourth-order valence-corrected chi connectivity index (χ4v) is 1.15. The number of halogens is 1. The Labute approximate surface area is 70.3 Å². The minimum atomic E-state index is -0.351. The topological polar surface area (TPSA) is 40.5 Å². The molecule has 0 amide bonds. The van der Waals surface area contributed by atoms with E-state index in [4.69, 9.17) is 10.2 Å². The van der Waals surface area contributed by atoms with Crippen LogP contribution in [0.5, 0.6) is 0 Å². The fourth-order valence-electron chi connectivity index (χ4n) is 1.15. The predicted molar refractivity (Wildman–Crippen MR) is 43.0 cm³/mol. The fraction of sp³-hybridized carbons (Fsp3) is 0.333. The van der Waals surface area contributed by atoms with Gasteiger partial charge in [-0.1, -0.05) is 6.07 Å². The van der Waals surface area contributed by atoms with Crippen LogP contribution < -0.4 is 0 Å². The van der Waals surface area contributed by atoms with Gasteiger partial charge in [-0.15, -0.1) is 0 Å². The van der Waals surface area contributed by atoms with E-state index in [2.05, 4.69) is 0 Å². The number of hydrogen-bond acceptors (Lipinski definition) is 2. The van der Waals surface area contributed by atoms with Crippen molar-refractivity contribution in [2.45, 2.75) is 20.1 Å². The molecule has 1 rings (SSSR count). The van der Waals surface area contributed by atoms with E-state index in [9.17, 15) is 4.39 Å². The molecule has 3 heteroatoms. The molecule has 0 unspecified atom stereocenters. The first kappa shape index (κ1) is 9.16. The predicted octanol–water partition coefficient (Wildman–Crippen LogP) is 1.12. The first-order chi connectivity index (χ1) is 5.70. The van der Waals surface area contributed by atoms with Gasteiger partial charge in [0.1, 0.15) is 5.82 Å². The Hall–Kier alpha value is -0.930. The highest BCUT2D eigenvalue weighted by Gasteiger charge is 2.07. The van der Waals surface area contributed by atoms with Crippen molar-refractivity contribution < 1.29 is 14.6 Å². The largest absolute Gasteiger partial charge is 0.392 e.